The van der Waals surface area contributed by atoms with Crippen molar-refractivity contribution in [3.63, 3.8) is 0 Å². The second-order valence-corrected chi connectivity index (χ2v) is 5.34. The van der Waals surface area contributed by atoms with Gasteiger partial charge in [0.15, 0.2) is 5.82 Å². The summed E-state index contributed by atoms with van der Waals surface area (Å²) >= 11 is 1.64. The summed E-state index contributed by atoms with van der Waals surface area (Å²) < 4.78 is 5.17. The Bertz CT molecular complexity index is 494. The van der Waals surface area contributed by atoms with E-state index in [0.29, 0.717) is 11.6 Å². The molecule has 0 saturated heterocycles. The predicted octanol–water partition coefficient (Wildman–Crippen LogP) is 2.98. The zero-order valence-electron chi connectivity index (χ0n) is 10.5. The maximum absolute atomic E-state index is 8.95. The number of benzene rings is 1. The van der Waals surface area contributed by atoms with Crippen LogP contribution in [-0.2, 0) is 12.4 Å². The molecule has 0 aliphatic heterocycles. The van der Waals surface area contributed by atoms with Crippen LogP contribution in [0.25, 0.3) is 0 Å². The third-order valence-electron chi connectivity index (χ3n) is 2.47. The van der Waals surface area contributed by atoms with Crippen molar-refractivity contribution in [1.82, 2.24) is 10.1 Å². The van der Waals surface area contributed by atoms with Crippen LogP contribution in [0.4, 0.5) is 0 Å². The molecule has 4 nitrogen and oxygen atoms in total. The van der Waals surface area contributed by atoms with Crippen molar-refractivity contribution in [1.29, 1.82) is 0 Å². The number of rotatable bonds is 5. The maximum Gasteiger partial charge on any atom is 0.237 e. The van der Waals surface area contributed by atoms with E-state index in [1.807, 2.05) is 38.1 Å². The van der Waals surface area contributed by atoms with Crippen molar-refractivity contribution in [3.8, 4) is 0 Å². The third-order valence-corrected chi connectivity index (χ3v) is 3.47. The first-order valence-electron chi connectivity index (χ1n) is 5.84. The molecule has 0 fully saturated rings. The van der Waals surface area contributed by atoms with E-state index in [0.717, 1.165) is 16.3 Å². The number of aromatic nitrogens is 2. The summed E-state index contributed by atoms with van der Waals surface area (Å²) in [6.07, 6.45) is 0. The molecule has 2 rings (SSSR count). The van der Waals surface area contributed by atoms with Crippen LogP contribution in [0, 0.1) is 0 Å². The van der Waals surface area contributed by atoms with Crippen LogP contribution >= 0.6 is 11.8 Å². The van der Waals surface area contributed by atoms with Gasteiger partial charge in [0.05, 0.1) is 12.4 Å². The standard InChI is InChI=1S/C13H16N2O2S/c1-9(2)13-14-12(17-15-13)8-18-11-5-3-10(7-16)4-6-11/h3-6,9,16H,7-8H2,1-2H3. The van der Waals surface area contributed by atoms with Gasteiger partial charge < -0.3 is 9.63 Å². The Morgan fingerprint density at radius 3 is 2.56 bits per heavy atom. The van der Waals surface area contributed by atoms with E-state index >= 15 is 0 Å². The van der Waals surface area contributed by atoms with Gasteiger partial charge in [-0.2, -0.15) is 4.98 Å². The summed E-state index contributed by atoms with van der Waals surface area (Å²) in [4.78, 5) is 5.44. The Balaban J connectivity index is 1.93. The predicted molar refractivity (Wildman–Crippen MR) is 70.3 cm³/mol. The number of hydrogen-bond acceptors (Lipinski definition) is 5. The number of nitrogens with zero attached hydrogens (tertiary/aromatic N) is 2. The first-order valence-corrected chi connectivity index (χ1v) is 6.82. The molecule has 0 unspecified atom stereocenters. The quantitative estimate of drug-likeness (QED) is 0.841. The van der Waals surface area contributed by atoms with Gasteiger partial charge in [-0.15, -0.1) is 11.8 Å². The van der Waals surface area contributed by atoms with Crippen molar-refractivity contribution in [2.24, 2.45) is 0 Å². The third kappa shape index (κ3) is 3.34. The van der Waals surface area contributed by atoms with Crippen LogP contribution < -0.4 is 0 Å². The lowest BCUT2D eigenvalue weighted by Crippen LogP contribution is -1.90. The first-order chi connectivity index (χ1) is 8.69. The minimum atomic E-state index is 0.0757. The van der Waals surface area contributed by atoms with Crippen molar-refractivity contribution in [2.75, 3.05) is 0 Å². The Labute approximate surface area is 110 Å². The highest BCUT2D eigenvalue weighted by Gasteiger charge is 2.09. The molecule has 0 aliphatic carbocycles. The number of aliphatic hydroxyl groups excluding tert-OH is 1. The molecule has 0 atom stereocenters. The van der Waals surface area contributed by atoms with E-state index in [4.69, 9.17) is 9.63 Å². The van der Waals surface area contributed by atoms with Crippen molar-refractivity contribution >= 4 is 11.8 Å². The lowest BCUT2D eigenvalue weighted by atomic mass is 10.2. The summed E-state index contributed by atoms with van der Waals surface area (Å²) in [6.45, 7) is 4.15. The van der Waals surface area contributed by atoms with Gasteiger partial charge in [0.2, 0.25) is 5.89 Å². The van der Waals surface area contributed by atoms with Gasteiger partial charge in [-0.25, -0.2) is 0 Å². The Morgan fingerprint density at radius 2 is 2.00 bits per heavy atom. The maximum atomic E-state index is 8.95. The van der Waals surface area contributed by atoms with Crippen molar-refractivity contribution in [2.45, 2.75) is 37.0 Å². The summed E-state index contributed by atoms with van der Waals surface area (Å²) in [5, 5.41) is 12.9. The SMILES string of the molecule is CC(C)c1noc(CSc2ccc(CO)cc2)n1. The molecule has 0 saturated carbocycles. The van der Waals surface area contributed by atoms with Crippen LogP contribution in [0.3, 0.4) is 0 Å². The average molecular weight is 264 g/mol. The molecular formula is C13H16N2O2S. The molecule has 1 aromatic heterocycles. The minimum Gasteiger partial charge on any atom is -0.392 e. The molecule has 5 heteroatoms. The van der Waals surface area contributed by atoms with Crippen molar-refractivity contribution < 1.29 is 9.63 Å². The molecular weight excluding hydrogens is 248 g/mol. The van der Waals surface area contributed by atoms with Gasteiger partial charge in [0.1, 0.15) is 0 Å². The normalized spacial score (nSPS) is 11.1. The summed E-state index contributed by atoms with van der Waals surface area (Å²) in [5.41, 5.74) is 0.916. The molecule has 0 spiro atoms. The van der Waals surface area contributed by atoms with E-state index < -0.39 is 0 Å². The molecule has 2 aromatic rings. The van der Waals surface area contributed by atoms with Gasteiger partial charge in [-0.3, -0.25) is 0 Å². The van der Waals surface area contributed by atoms with Crippen LogP contribution in [0.1, 0.15) is 37.0 Å². The molecule has 1 heterocycles. The lowest BCUT2D eigenvalue weighted by molar-refractivity contribution is 0.282. The van der Waals surface area contributed by atoms with Crippen LogP contribution in [0.2, 0.25) is 0 Å². The highest BCUT2D eigenvalue weighted by Crippen LogP contribution is 2.23. The second-order valence-electron chi connectivity index (χ2n) is 4.29. The van der Waals surface area contributed by atoms with Crippen LogP contribution in [0.5, 0.6) is 0 Å². The second kappa shape index (κ2) is 6.02. The Hall–Kier alpha value is -1.33. The summed E-state index contributed by atoms with van der Waals surface area (Å²) in [7, 11) is 0. The van der Waals surface area contributed by atoms with Crippen molar-refractivity contribution in [3.05, 3.63) is 41.5 Å². The number of hydrogen-bond donors (Lipinski definition) is 1. The van der Waals surface area contributed by atoms with Crippen LogP contribution in [-0.4, -0.2) is 15.2 Å². The fraction of sp³-hybridized carbons (Fsp3) is 0.385. The molecule has 18 heavy (non-hydrogen) atoms. The molecule has 0 amide bonds. The number of thioether (sulfide) groups is 1. The van der Waals surface area contributed by atoms with Gasteiger partial charge >= 0.3 is 0 Å². The van der Waals surface area contributed by atoms with Gasteiger partial charge in [-0.05, 0) is 17.7 Å². The highest BCUT2D eigenvalue weighted by atomic mass is 32.2. The average Bonchev–Trinajstić information content (AvgIpc) is 2.86. The molecule has 0 aliphatic rings. The smallest absolute Gasteiger partial charge is 0.237 e. The topological polar surface area (TPSA) is 59.2 Å². The lowest BCUT2D eigenvalue weighted by Gasteiger charge is -2.00. The van der Waals surface area contributed by atoms with E-state index in [1.54, 1.807) is 11.8 Å². The largest absolute Gasteiger partial charge is 0.392 e. The van der Waals surface area contributed by atoms with E-state index in [1.165, 1.54) is 0 Å². The van der Waals surface area contributed by atoms with Crippen LogP contribution in [0.15, 0.2) is 33.7 Å². The highest BCUT2D eigenvalue weighted by molar-refractivity contribution is 7.98. The fourth-order valence-corrected chi connectivity index (χ4v) is 2.13. The zero-order valence-corrected chi connectivity index (χ0v) is 11.3. The van der Waals surface area contributed by atoms with E-state index in [-0.39, 0.29) is 12.5 Å². The molecule has 96 valence electrons. The molecule has 0 radical (unpaired) electrons. The van der Waals surface area contributed by atoms with E-state index in [9.17, 15) is 0 Å². The zero-order chi connectivity index (χ0) is 13.0. The van der Waals surface area contributed by atoms with Gasteiger partial charge in [0.25, 0.3) is 0 Å². The Morgan fingerprint density at radius 1 is 1.28 bits per heavy atom. The van der Waals surface area contributed by atoms with Gasteiger partial charge in [-0.1, -0.05) is 31.1 Å². The van der Waals surface area contributed by atoms with E-state index in [2.05, 4.69) is 10.1 Å². The molecule has 0 bridgehead atoms. The van der Waals surface area contributed by atoms with Gasteiger partial charge in [0, 0.05) is 10.8 Å². The number of aliphatic hydroxyl groups is 1. The monoisotopic (exact) mass is 264 g/mol. The fourth-order valence-electron chi connectivity index (χ4n) is 1.40. The molecule has 1 aromatic carbocycles. The summed E-state index contributed by atoms with van der Waals surface area (Å²) in [5.74, 6) is 2.35. The minimum absolute atomic E-state index is 0.0757. The first kappa shape index (κ1) is 13.1. The Kier molecular flexibility index (Phi) is 4.38. The summed E-state index contributed by atoms with van der Waals surface area (Å²) in [6, 6.07) is 7.79. The molecule has 1 N–H and O–H groups in total.